The van der Waals surface area contributed by atoms with Crippen molar-refractivity contribution in [2.24, 2.45) is 11.7 Å². The molecular formula is C32H50N6O6. The van der Waals surface area contributed by atoms with Crippen LogP contribution in [0.2, 0.25) is 0 Å². The molecule has 244 valence electrons. The summed E-state index contributed by atoms with van der Waals surface area (Å²) in [4.78, 5) is 64.9. The molecule has 12 nitrogen and oxygen atoms in total. The summed E-state index contributed by atoms with van der Waals surface area (Å²) in [6, 6.07) is 6.42. The van der Waals surface area contributed by atoms with Gasteiger partial charge < -0.3 is 26.4 Å². The number of amides is 4. The van der Waals surface area contributed by atoms with Gasteiger partial charge in [0.15, 0.2) is 5.78 Å². The molecule has 1 aromatic carbocycles. The van der Waals surface area contributed by atoms with Gasteiger partial charge in [0.05, 0.1) is 25.0 Å². The van der Waals surface area contributed by atoms with Crippen LogP contribution in [-0.2, 0) is 30.3 Å². The van der Waals surface area contributed by atoms with Crippen LogP contribution in [0.5, 0.6) is 0 Å². The van der Waals surface area contributed by atoms with Crippen molar-refractivity contribution >= 4 is 29.6 Å². The van der Waals surface area contributed by atoms with Gasteiger partial charge in [0.25, 0.3) is 0 Å². The van der Waals surface area contributed by atoms with Gasteiger partial charge >= 0.3 is 6.09 Å². The minimum absolute atomic E-state index is 0.161. The van der Waals surface area contributed by atoms with Crippen LogP contribution in [0.25, 0.3) is 0 Å². The van der Waals surface area contributed by atoms with E-state index in [-0.39, 0.29) is 36.7 Å². The number of fused-ring (bicyclic) bond motifs is 1. The Morgan fingerprint density at radius 1 is 0.977 bits per heavy atom. The Balaban J connectivity index is 1.73. The lowest BCUT2D eigenvalue weighted by Crippen LogP contribution is -2.60. The van der Waals surface area contributed by atoms with Crippen molar-refractivity contribution in [3.05, 3.63) is 35.9 Å². The highest BCUT2D eigenvalue weighted by Crippen LogP contribution is 2.32. The molecule has 0 radical (unpaired) electrons. The van der Waals surface area contributed by atoms with Crippen molar-refractivity contribution in [1.29, 1.82) is 0 Å². The fraction of sp³-hybridized carbons (Fsp3) is 0.656. The Kier molecular flexibility index (Phi) is 12.7. The van der Waals surface area contributed by atoms with Gasteiger partial charge in [0.2, 0.25) is 17.7 Å². The first-order valence-corrected chi connectivity index (χ1v) is 15.7. The maximum absolute atomic E-state index is 13.7. The third-order valence-corrected chi connectivity index (χ3v) is 8.08. The molecule has 4 amide bonds. The number of piperidine rings is 1. The number of hydrogen-bond donors (Lipinski definition) is 5. The second-order valence-electron chi connectivity index (χ2n) is 13.2. The molecule has 1 aliphatic carbocycles. The monoisotopic (exact) mass is 614 g/mol. The normalized spacial score (nSPS) is 21.5. The summed E-state index contributed by atoms with van der Waals surface area (Å²) >= 11 is 0. The minimum Gasteiger partial charge on any atom is -0.443 e. The number of ketones is 1. The summed E-state index contributed by atoms with van der Waals surface area (Å²) in [5.41, 5.74) is 8.15. The highest BCUT2D eigenvalue weighted by atomic mass is 16.6. The number of carbonyl (C=O) groups excluding carboxylic acids is 5. The van der Waals surface area contributed by atoms with Gasteiger partial charge in [-0.2, -0.15) is 0 Å². The number of benzene rings is 1. The number of nitrogens with zero attached hydrogens (tertiary/aromatic N) is 1. The second-order valence-corrected chi connectivity index (χ2v) is 13.2. The van der Waals surface area contributed by atoms with Crippen LogP contribution in [0.3, 0.4) is 0 Å². The Morgan fingerprint density at radius 3 is 2.30 bits per heavy atom. The molecule has 6 N–H and O–H groups in total. The number of hydrazine groups is 1. The van der Waals surface area contributed by atoms with E-state index in [9.17, 15) is 24.0 Å². The molecule has 5 atom stereocenters. The molecule has 0 aromatic heterocycles. The van der Waals surface area contributed by atoms with Gasteiger partial charge in [-0.3, -0.25) is 24.6 Å². The van der Waals surface area contributed by atoms with Gasteiger partial charge in [0.1, 0.15) is 11.6 Å². The van der Waals surface area contributed by atoms with E-state index in [4.69, 9.17) is 10.5 Å². The molecule has 1 aliphatic heterocycles. The molecule has 0 bridgehead atoms. The summed E-state index contributed by atoms with van der Waals surface area (Å²) in [5, 5.41) is 10.4. The van der Waals surface area contributed by atoms with E-state index >= 15 is 0 Å². The van der Waals surface area contributed by atoms with Gasteiger partial charge in [-0.05, 0) is 78.2 Å². The molecule has 2 aliphatic rings. The summed E-state index contributed by atoms with van der Waals surface area (Å²) < 4.78 is 5.34. The van der Waals surface area contributed by atoms with Gasteiger partial charge in [-0.1, -0.05) is 43.2 Å². The zero-order chi connectivity index (χ0) is 32.4. The predicted octanol–water partition coefficient (Wildman–Crippen LogP) is 2.10. The average molecular weight is 615 g/mol. The molecule has 4 unspecified atom stereocenters. The molecule has 2 fully saturated rings. The van der Waals surface area contributed by atoms with Crippen molar-refractivity contribution < 1.29 is 28.7 Å². The van der Waals surface area contributed by atoms with Crippen LogP contribution in [0.1, 0.15) is 85.1 Å². The number of Topliss-reactive ketones (excluding diaryl/α,β-unsaturated/α-hetero) is 1. The van der Waals surface area contributed by atoms with E-state index in [1.165, 1.54) is 11.4 Å². The largest absolute Gasteiger partial charge is 0.443 e. The van der Waals surface area contributed by atoms with E-state index < -0.39 is 48.1 Å². The average Bonchev–Trinajstić information content (AvgIpc) is 2.95. The fourth-order valence-electron chi connectivity index (χ4n) is 5.80. The number of nitrogens with two attached hydrogens (primary N) is 1. The number of primary amides is 1. The summed E-state index contributed by atoms with van der Waals surface area (Å²) in [6.45, 7) is 8.60. The third kappa shape index (κ3) is 11.2. The van der Waals surface area contributed by atoms with Crippen LogP contribution in [0, 0.1) is 5.92 Å². The zero-order valence-electron chi connectivity index (χ0n) is 26.7. The van der Waals surface area contributed by atoms with Crippen molar-refractivity contribution in [1.82, 2.24) is 26.4 Å². The highest BCUT2D eigenvalue weighted by Gasteiger charge is 2.36. The number of hydrogen-bond acceptors (Lipinski definition) is 8. The minimum atomic E-state index is -1.25. The third-order valence-electron chi connectivity index (χ3n) is 8.08. The van der Waals surface area contributed by atoms with Crippen LogP contribution in [0.4, 0.5) is 4.79 Å². The highest BCUT2D eigenvalue weighted by molar-refractivity contribution is 5.96. The Morgan fingerprint density at radius 2 is 1.66 bits per heavy atom. The lowest BCUT2D eigenvalue weighted by atomic mass is 9.77. The quantitative estimate of drug-likeness (QED) is 0.210. The molecule has 44 heavy (non-hydrogen) atoms. The van der Waals surface area contributed by atoms with E-state index in [0.29, 0.717) is 12.3 Å². The van der Waals surface area contributed by atoms with Crippen molar-refractivity contribution in [2.45, 2.75) is 122 Å². The van der Waals surface area contributed by atoms with Crippen LogP contribution < -0.4 is 27.1 Å². The molecule has 1 aromatic rings. The molecule has 3 rings (SSSR count). The number of nitrogens with one attached hydrogen (secondary N) is 4. The molecule has 0 spiro atoms. The maximum Gasteiger partial charge on any atom is 0.422 e. The molecule has 1 heterocycles. The lowest BCUT2D eigenvalue weighted by Gasteiger charge is -2.40. The SMILES string of the molecule is CC(C)N(CC(=O)C(Cc1ccccc1)NC(=O)[C@H](CC(N)=O)NC(=O)C1CCC2CCCCC2N1)NC(=O)OC(C)(C)C. The first kappa shape index (κ1) is 35.0. The summed E-state index contributed by atoms with van der Waals surface area (Å²) in [6.07, 6.45) is 5.10. The van der Waals surface area contributed by atoms with Crippen molar-refractivity contribution in [2.75, 3.05) is 6.54 Å². The van der Waals surface area contributed by atoms with Gasteiger partial charge in [-0.15, -0.1) is 0 Å². The van der Waals surface area contributed by atoms with Crippen molar-refractivity contribution in [3.63, 3.8) is 0 Å². The Bertz CT molecular complexity index is 1150. The van der Waals surface area contributed by atoms with Crippen LogP contribution in [-0.4, -0.2) is 77.0 Å². The smallest absolute Gasteiger partial charge is 0.422 e. The first-order valence-electron chi connectivity index (χ1n) is 15.7. The Hall–Kier alpha value is -3.51. The molecule has 1 saturated carbocycles. The van der Waals surface area contributed by atoms with E-state index in [1.54, 1.807) is 20.8 Å². The van der Waals surface area contributed by atoms with E-state index in [2.05, 4.69) is 21.4 Å². The number of ether oxygens (including phenoxy) is 1. The zero-order valence-corrected chi connectivity index (χ0v) is 26.7. The van der Waals surface area contributed by atoms with E-state index in [0.717, 1.165) is 31.2 Å². The fourth-order valence-corrected chi connectivity index (χ4v) is 5.80. The molecular weight excluding hydrogens is 564 g/mol. The van der Waals surface area contributed by atoms with E-state index in [1.807, 2.05) is 44.2 Å². The van der Waals surface area contributed by atoms with Gasteiger partial charge in [0, 0.05) is 12.1 Å². The Labute approximate surface area is 260 Å². The molecule has 12 heteroatoms. The van der Waals surface area contributed by atoms with Crippen LogP contribution >= 0.6 is 0 Å². The standard InChI is InChI=1S/C32H50N6O6/c1-20(2)38(37-31(43)44-32(3,4)5)19-27(39)25(17-21-11-7-6-8-12-21)35-30(42)26(18-28(33)40)36-29(41)24-16-15-22-13-9-10-14-23(22)34-24/h6-8,11-12,20,22-26,34H,9-10,13-19H2,1-5H3,(H2,33,40)(H,35,42)(H,36,41)(H,37,43)/t22?,23?,24?,25?,26-/m0/s1. The van der Waals surface area contributed by atoms with Gasteiger partial charge in [-0.25, -0.2) is 9.80 Å². The topological polar surface area (TPSA) is 172 Å². The molecule has 1 saturated heterocycles. The lowest BCUT2D eigenvalue weighted by molar-refractivity contribution is -0.134. The first-order chi connectivity index (χ1) is 20.7. The number of rotatable bonds is 13. The van der Waals surface area contributed by atoms with Crippen molar-refractivity contribution in [3.8, 4) is 0 Å². The van der Waals surface area contributed by atoms with Crippen LogP contribution in [0.15, 0.2) is 30.3 Å². The number of carbonyl (C=O) groups is 5. The summed E-state index contributed by atoms with van der Waals surface area (Å²) in [5.74, 6) is -1.64. The summed E-state index contributed by atoms with van der Waals surface area (Å²) in [7, 11) is 0. The second kappa shape index (κ2) is 16.0. The maximum atomic E-state index is 13.7. The predicted molar refractivity (Wildman–Crippen MR) is 166 cm³/mol.